The molecule has 0 aliphatic carbocycles. The van der Waals surface area contributed by atoms with Crippen molar-refractivity contribution >= 4 is 29.9 Å². The van der Waals surface area contributed by atoms with Crippen molar-refractivity contribution in [2.45, 2.75) is 51.1 Å². The summed E-state index contributed by atoms with van der Waals surface area (Å²) >= 11 is 5.95. The number of hydrogen-bond acceptors (Lipinski definition) is 4. The molecule has 5 nitrogen and oxygen atoms in total. The van der Waals surface area contributed by atoms with E-state index in [0.29, 0.717) is 30.1 Å². The zero-order chi connectivity index (χ0) is 14.1. The van der Waals surface area contributed by atoms with Crippen molar-refractivity contribution in [1.29, 1.82) is 0 Å². The fourth-order valence-electron chi connectivity index (χ4n) is 3.39. The predicted octanol–water partition coefficient (Wildman–Crippen LogP) is 2.34. The lowest BCUT2D eigenvalue weighted by molar-refractivity contribution is -0.133. The SMILES string of the molecule is Cc1noc(Cl)c1CCC(=O)N1C2CCNCC1CC2.Cl. The average Bonchev–Trinajstić information content (AvgIpc) is 2.86. The summed E-state index contributed by atoms with van der Waals surface area (Å²) in [5.74, 6) is 0.234. The van der Waals surface area contributed by atoms with Gasteiger partial charge in [0, 0.05) is 30.6 Å². The van der Waals surface area contributed by atoms with E-state index in [1.807, 2.05) is 6.92 Å². The maximum atomic E-state index is 12.5. The molecule has 2 fully saturated rings. The minimum atomic E-state index is 0. The summed E-state index contributed by atoms with van der Waals surface area (Å²) in [5, 5.41) is 7.55. The quantitative estimate of drug-likeness (QED) is 0.922. The second-order valence-electron chi connectivity index (χ2n) is 5.70. The number of aromatic nitrogens is 1. The second kappa shape index (κ2) is 6.99. The second-order valence-corrected chi connectivity index (χ2v) is 6.04. The number of carbonyl (C=O) groups is 1. The van der Waals surface area contributed by atoms with E-state index in [2.05, 4.69) is 15.4 Å². The average molecular weight is 334 g/mol. The fraction of sp³-hybridized carbons (Fsp3) is 0.714. The zero-order valence-corrected chi connectivity index (χ0v) is 13.7. The molecule has 1 N–H and O–H groups in total. The molecule has 7 heteroatoms. The Morgan fingerprint density at radius 1 is 1.43 bits per heavy atom. The predicted molar refractivity (Wildman–Crippen MR) is 83.0 cm³/mol. The highest BCUT2D eigenvalue weighted by Gasteiger charge is 2.37. The van der Waals surface area contributed by atoms with Gasteiger partial charge in [0.1, 0.15) is 0 Å². The number of carbonyl (C=O) groups excluding carboxylic acids is 1. The van der Waals surface area contributed by atoms with Gasteiger partial charge in [-0.05, 0) is 50.8 Å². The van der Waals surface area contributed by atoms with Crippen molar-refractivity contribution in [3.05, 3.63) is 16.5 Å². The molecule has 2 saturated heterocycles. The number of aryl methyl sites for hydroxylation is 1. The molecule has 2 atom stereocenters. The van der Waals surface area contributed by atoms with Crippen LogP contribution in [0.3, 0.4) is 0 Å². The molecule has 1 amide bonds. The molecule has 2 aliphatic rings. The van der Waals surface area contributed by atoms with E-state index in [4.69, 9.17) is 16.1 Å². The van der Waals surface area contributed by atoms with Crippen LogP contribution in [-0.4, -0.2) is 41.1 Å². The van der Waals surface area contributed by atoms with E-state index in [9.17, 15) is 4.79 Å². The minimum absolute atomic E-state index is 0. The third-order valence-electron chi connectivity index (χ3n) is 4.47. The summed E-state index contributed by atoms with van der Waals surface area (Å²) in [6, 6.07) is 0.788. The Bertz CT molecular complexity index is 473. The molecule has 0 aromatic carbocycles. The number of nitrogens with one attached hydrogen (secondary N) is 1. The van der Waals surface area contributed by atoms with E-state index in [-0.39, 0.29) is 18.3 Å². The molecule has 118 valence electrons. The Kier molecular flexibility index (Phi) is 5.52. The van der Waals surface area contributed by atoms with Gasteiger partial charge >= 0.3 is 0 Å². The maximum Gasteiger partial charge on any atom is 0.229 e. The zero-order valence-electron chi connectivity index (χ0n) is 12.1. The van der Waals surface area contributed by atoms with E-state index in [1.165, 1.54) is 0 Å². The molecule has 2 aliphatic heterocycles. The smallest absolute Gasteiger partial charge is 0.229 e. The van der Waals surface area contributed by atoms with Crippen molar-refractivity contribution in [2.24, 2.45) is 0 Å². The van der Waals surface area contributed by atoms with Crippen LogP contribution in [0.5, 0.6) is 0 Å². The van der Waals surface area contributed by atoms with Gasteiger partial charge in [-0.3, -0.25) is 4.79 Å². The summed E-state index contributed by atoms with van der Waals surface area (Å²) < 4.78 is 4.93. The monoisotopic (exact) mass is 333 g/mol. The molecule has 2 unspecified atom stereocenters. The third kappa shape index (κ3) is 3.35. The lowest BCUT2D eigenvalue weighted by atomic mass is 10.1. The first kappa shape index (κ1) is 16.6. The van der Waals surface area contributed by atoms with Crippen molar-refractivity contribution in [3.8, 4) is 0 Å². The van der Waals surface area contributed by atoms with Crippen LogP contribution in [0.25, 0.3) is 0 Å². The number of fused-ring (bicyclic) bond motifs is 2. The van der Waals surface area contributed by atoms with Crippen LogP contribution >= 0.6 is 24.0 Å². The standard InChI is InChI=1S/C14H20ClN3O2.ClH/c1-9-12(14(15)20-17-9)4-5-13(19)18-10-2-3-11(18)8-16-7-6-10;/h10-11,16H,2-8H2,1H3;1H. The van der Waals surface area contributed by atoms with Gasteiger partial charge in [-0.2, -0.15) is 0 Å². The number of halogens is 2. The van der Waals surface area contributed by atoms with Crippen molar-refractivity contribution < 1.29 is 9.32 Å². The molecule has 1 aromatic heterocycles. The third-order valence-corrected chi connectivity index (χ3v) is 4.76. The summed E-state index contributed by atoms with van der Waals surface area (Å²) in [4.78, 5) is 14.6. The van der Waals surface area contributed by atoms with E-state index >= 15 is 0 Å². The summed E-state index contributed by atoms with van der Waals surface area (Å²) in [6.07, 6.45) is 4.42. The molecule has 3 heterocycles. The molecule has 0 spiro atoms. The molecule has 1 aromatic rings. The van der Waals surface area contributed by atoms with Crippen LogP contribution in [0.4, 0.5) is 0 Å². The highest BCUT2D eigenvalue weighted by molar-refractivity contribution is 6.29. The first-order valence-electron chi connectivity index (χ1n) is 7.29. The van der Waals surface area contributed by atoms with Crippen LogP contribution in [0.2, 0.25) is 5.22 Å². The van der Waals surface area contributed by atoms with E-state index < -0.39 is 0 Å². The first-order valence-corrected chi connectivity index (χ1v) is 7.67. The fourth-order valence-corrected chi connectivity index (χ4v) is 3.66. The Hall–Kier alpha value is -0.780. The Morgan fingerprint density at radius 3 is 2.90 bits per heavy atom. The van der Waals surface area contributed by atoms with E-state index in [0.717, 1.165) is 43.6 Å². The summed E-state index contributed by atoms with van der Waals surface area (Å²) in [5.41, 5.74) is 1.64. The molecular weight excluding hydrogens is 313 g/mol. The van der Waals surface area contributed by atoms with Gasteiger partial charge < -0.3 is 14.7 Å². The molecule has 2 bridgehead atoms. The van der Waals surface area contributed by atoms with Crippen LogP contribution in [-0.2, 0) is 11.2 Å². The van der Waals surface area contributed by atoms with Gasteiger partial charge in [0.05, 0.1) is 5.69 Å². The first-order chi connectivity index (χ1) is 9.66. The number of rotatable bonds is 3. The number of hydrogen-bond donors (Lipinski definition) is 1. The van der Waals surface area contributed by atoms with Gasteiger partial charge in [0.25, 0.3) is 0 Å². The van der Waals surface area contributed by atoms with Crippen molar-refractivity contribution in [1.82, 2.24) is 15.4 Å². The molecule has 21 heavy (non-hydrogen) atoms. The Morgan fingerprint density at radius 2 is 2.19 bits per heavy atom. The number of amides is 1. The van der Waals surface area contributed by atoms with Gasteiger partial charge in [-0.15, -0.1) is 12.4 Å². The van der Waals surface area contributed by atoms with Crippen LogP contribution in [0, 0.1) is 6.92 Å². The highest BCUT2D eigenvalue weighted by atomic mass is 35.5. The van der Waals surface area contributed by atoms with Gasteiger partial charge in [0.2, 0.25) is 11.1 Å². The molecular formula is C14H21Cl2N3O2. The van der Waals surface area contributed by atoms with Gasteiger partial charge in [-0.1, -0.05) is 5.16 Å². The van der Waals surface area contributed by atoms with Gasteiger partial charge in [-0.25, -0.2) is 0 Å². The molecule has 3 rings (SSSR count). The maximum absolute atomic E-state index is 12.5. The highest BCUT2D eigenvalue weighted by Crippen LogP contribution is 2.29. The van der Waals surface area contributed by atoms with Crippen LogP contribution < -0.4 is 5.32 Å². The lowest BCUT2D eigenvalue weighted by Gasteiger charge is -2.28. The topological polar surface area (TPSA) is 58.4 Å². The largest absolute Gasteiger partial charge is 0.344 e. The van der Waals surface area contributed by atoms with Crippen molar-refractivity contribution in [3.63, 3.8) is 0 Å². The minimum Gasteiger partial charge on any atom is -0.344 e. The van der Waals surface area contributed by atoms with Crippen LogP contribution in [0.15, 0.2) is 4.52 Å². The Balaban J connectivity index is 0.00000161. The Labute approximate surface area is 135 Å². The van der Waals surface area contributed by atoms with Crippen LogP contribution in [0.1, 0.15) is 36.9 Å². The normalized spacial score (nSPS) is 24.6. The number of nitrogens with zero attached hydrogens (tertiary/aromatic N) is 2. The lowest BCUT2D eigenvalue weighted by Crippen LogP contribution is -2.42. The summed E-state index contributed by atoms with van der Waals surface area (Å²) in [6.45, 7) is 3.80. The van der Waals surface area contributed by atoms with E-state index in [1.54, 1.807) is 0 Å². The van der Waals surface area contributed by atoms with Gasteiger partial charge in [0.15, 0.2) is 0 Å². The molecule has 0 radical (unpaired) electrons. The van der Waals surface area contributed by atoms with Crippen molar-refractivity contribution in [2.75, 3.05) is 13.1 Å². The summed E-state index contributed by atoms with van der Waals surface area (Å²) in [7, 11) is 0. The molecule has 0 saturated carbocycles.